The molecule has 0 aliphatic carbocycles. The van der Waals surface area contributed by atoms with E-state index in [4.69, 9.17) is 14.0 Å². The highest BCUT2D eigenvalue weighted by Gasteiger charge is 2.13. The van der Waals surface area contributed by atoms with Gasteiger partial charge in [-0.05, 0) is 26.2 Å². The molecule has 130 valence electrons. The highest BCUT2D eigenvalue weighted by Crippen LogP contribution is 2.24. The number of nitrogens with zero attached hydrogens (tertiary/aromatic N) is 2. The molecule has 3 heterocycles. The maximum absolute atomic E-state index is 5.81. The molecule has 0 radical (unpaired) electrons. The van der Waals surface area contributed by atoms with E-state index < -0.39 is 0 Å². The van der Waals surface area contributed by atoms with Gasteiger partial charge in [0.2, 0.25) is 5.90 Å². The molecule has 2 aromatic heterocycles. The van der Waals surface area contributed by atoms with Crippen molar-refractivity contribution in [2.75, 3.05) is 19.8 Å². The lowest BCUT2D eigenvalue weighted by atomic mass is 10.1. The standard InChI is InChI=1S/C18H24N2O3S/c1-14-15(12-23-20-14)7-5-3-2-4-6-9-21-16-11-17(24-13-16)18-19-8-10-22-18/h11-13H,2-10H2,1H3. The van der Waals surface area contributed by atoms with Gasteiger partial charge < -0.3 is 14.0 Å². The third kappa shape index (κ3) is 4.84. The van der Waals surface area contributed by atoms with E-state index in [2.05, 4.69) is 10.1 Å². The summed E-state index contributed by atoms with van der Waals surface area (Å²) < 4.78 is 16.2. The number of aromatic nitrogens is 1. The molecule has 0 N–H and O–H groups in total. The molecule has 0 aromatic carbocycles. The zero-order chi connectivity index (χ0) is 16.6. The molecular weight excluding hydrogens is 324 g/mol. The van der Waals surface area contributed by atoms with Gasteiger partial charge in [0.1, 0.15) is 18.6 Å². The largest absolute Gasteiger partial charge is 0.493 e. The van der Waals surface area contributed by atoms with Crippen LogP contribution in [-0.4, -0.2) is 30.8 Å². The van der Waals surface area contributed by atoms with E-state index in [1.54, 1.807) is 17.6 Å². The van der Waals surface area contributed by atoms with Crippen molar-refractivity contribution >= 4 is 17.2 Å². The molecule has 0 spiro atoms. The summed E-state index contributed by atoms with van der Waals surface area (Å²) in [6, 6.07) is 2.02. The second kappa shape index (κ2) is 8.87. The third-order valence-electron chi connectivity index (χ3n) is 4.08. The second-order valence-electron chi connectivity index (χ2n) is 5.97. The number of rotatable bonds is 10. The molecule has 3 rings (SSSR count). The topological polar surface area (TPSA) is 56.9 Å². The first-order chi connectivity index (χ1) is 11.8. The fourth-order valence-electron chi connectivity index (χ4n) is 2.68. The monoisotopic (exact) mass is 348 g/mol. The van der Waals surface area contributed by atoms with Crippen LogP contribution in [0.2, 0.25) is 0 Å². The highest BCUT2D eigenvalue weighted by molar-refractivity contribution is 7.12. The molecule has 24 heavy (non-hydrogen) atoms. The van der Waals surface area contributed by atoms with Crippen molar-refractivity contribution in [1.29, 1.82) is 0 Å². The molecule has 5 nitrogen and oxygen atoms in total. The predicted octanol–water partition coefficient (Wildman–Crippen LogP) is 4.39. The van der Waals surface area contributed by atoms with E-state index in [1.165, 1.54) is 31.2 Å². The van der Waals surface area contributed by atoms with E-state index in [1.807, 2.05) is 18.4 Å². The van der Waals surface area contributed by atoms with Crippen LogP contribution in [0, 0.1) is 6.92 Å². The van der Waals surface area contributed by atoms with Gasteiger partial charge in [0.15, 0.2) is 0 Å². The Morgan fingerprint density at radius 1 is 1.21 bits per heavy atom. The Bertz CT molecular complexity index is 663. The van der Waals surface area contributed by atoms with Gasteiger partial charge in [-0.1, -0.05) is 24.4 Å². The first kappa shape index (κ1) is 17.0. The van der Waals surface area contributed by atoms with Crippen molar-refractivity contribution in [2.45, 2.75) is 45.4 Å². The van der Waals surface area contributed by atoms with Crippen LogP contribution in [0.5, 0.6) is 5.75 Å². The zero-order valence-electron chi connectivity index (χ0n) is 14.1. The number of ether oxygens (including phenoxy) is 2. The van der Waals surface area contributed by atoms with Crippen LogP contribution >= 0.6 is 11.3 Å². The Hall–Kier alpha value is -1.82. The summed E-state index contributed by atoms with van der Waals surface area (Å²) >= 11 is 1.63. The van der Waals surface area contributed by atoms with Crippen molar-refractivity contribution in [1.82, 2.24) is 5.16 Å². The third-order valence-corrected chi connectivity index (χ3v) is 4.98. The number of hydrogen-bond donors (Lipinski definition) is 0. The molecule has 0 atom stereocenters. The maximum atomic E-state index is 5.81. The first-order valence-electron chi connectivity index (χ1n) is 8.62. The summed E-state index contributed by atoms with van der Waals surface area (Å²) in [5.41, 5.74) is 2.26. The van der Waals surface area contributed by atoms with Crippen molar-refractivity contribution in [2.24, 2.45) is 4.99 Å². The van der Waals surface area contributed by atoms with Gasteiger partial charge in [0, 0.05) is 17.0 Å². The van der Waals surface area contributed by atoms with E-state index in [-0.39, 0.29) is 0 Å². The lowest BCUT2D eigenvalue weighted by Gasteiger charge is -2.04. The highest BCUT2D eigenvalue weighted by atomic mass is 32.1. The molecule has 2 aromatic rings. The van der Waals surface area contributed by atoms with Gasteiger partial charge in [-0.3, -0.25) is 0 Å². The van der Waals surface area contributed by atoms with Crippen LogP contribution in [-0.2, 0) is 11.2 Å². The SMILES string of the molecule is Cc1nocc1CCCCCCCOc1csc(C2=NCCO2)c1. The summed E-state index contributed by atoms with van der Waals surface area (Å²) in [5, 5.41) is 5.93. The number of aliphatic imine (C=N–C) groups is 1. The fraction of sp³-hybridized carbons (Fsp3) is 0.556. The Labute approximate surface area is 146 Å². The Balaban J connectivity index is 1.23. The summed E-state index contributed by atoms with van der Waals surface area (Å²) in [6.45, 7) is 4.23. The quantitative estimate of drug-likeness (QED) is 0.597. The van der Waals surface area contributed by atoms with Crippen LogP contribution in [0.3, 0.4) is 0 Å². The minimum absolute atomic E-state index is 0.695. The van der Waals surface area contributed by atoms with Crippen LogP contribution in [0.25, 0.3) is 0 Å². The molecule has 6 heteroatoms. The van der Waals surface area contributed by atoms with Gasteiger partial charge in [-0.2, -0.15) is 0 Å². The van der Waals surface area contributed by atoms with Gasteiger partial charge in [-0.15, -0.1) is 11.3 Å². The van der Waals surface area contributed by atoms with Crippen LogP contribution in [0.4, 0.5) is 0 Å². The first-order valence-corrected chi connectivity index (χ1v) is 9.50. The van der Waals surface area contributed by atoms with E-state index in [0.717, 1.165) is 48.2 Å². The van der Waals surface area contributed by atoms with Crippen molar-refractivity contribution in [3.8, 4) is 5.75 Å². The number of thiophene rings is 1. The molecular formula is C18H24N2O3S. The van der Waals surface area contributed by atoms with Gasteiger partial charge in [-0.25, -0.2) is 4.99 Å². The number of unbranched alkanes of at least 4 members (excludes halogenated alkanes) is 4. The lowest BCUT2D eigenvalue weighted by molar-refractivity contribution is 0.305. The Morgan fingerprint density at radius 2 is 2.08 bits per heavy atom. The van der Waals surface area contributed by atoms with Crippen molar-refractivity contribution in [3.63, 3.8) is 0 Å². The van der Waals surface area contributed by atoms with E-state index in [9.17, 15) is 0 Å². The molecule has 0 saturated carbocycles. The summed E-state index contributed by atoms with van der Waals surface area (Å²) in [6.07, 6.45) is 8.80. The summed E-state index contributed by atoms with van der Waals surface area (Å²) in [4.78, 5) is 5.38. The summed E-state index contributed by atoms with van der Waals surface area (Å²) in [5.74, 6) is 1.69. The molecule has 0 amide bonds. The van der Waals surface area contributed by atoms with E-state index in [0.29, 0.717) is 6.61 Å². The minimum Gasteiger partial charge on any atom is -0.493 e. The normalized spacial score (nSPS) is 13.8. The van der Waals surface area contributed by atoms with Crippen LogP contribution in [0.15, 0.2) is 27.2 Å². The van der Waals surface area contributed by atoms with Crippen LogP contribution in [0.1, 0.15) is 48.2 Å². The second-order valence-corrected chi connectivity index (χ2v) is 6.88. The maximum Gasteiger partial charge on any atom is 0.226 e. The Morgan fingerprint density at radius 3 is 2.88 bits per heavy atom. The zero-order valence-corrected chi connectivity index (χ0v) is 14.9. The number of hydrogen-bond acceptors (Lipinski definition) is 6. The molecule has 1 aliphatic rings. The van der Waals surface area contributed by atoms with E-state index >= 15 is 0 Å². The molecule has 0 fully saturated rings. The van der Waals surface area contributed by atoms with Crippen molar-refractivity contribution < 1.29 is 14.0 Å². The Kier molecular flexibility index (Phi) is 6.29. The number of aryl methyl sites for hydroxylation is 2. The molecule has 1 aliphatic heterocycles. The average Bonchev–Trinajstić information content (AvgIpc) is 3.32. The molecule has 0 saturated heterocycles. The van der Waals surface area contributed by atoms with Gasteiger partial charge in [0.25, 0.3) is 0 Å². The molecule has 0 unspecified atom stereocenters. The summed E-state index contributed by atoms with van der Waals surface area (Å²) in [7, 11) is 0. The smallest absolute Gasteiger partial charge is 0.226 e. The minimum atomic E-state index is 0.695. The van der Waals surface area contributed by atoms with Gasteiger partial charge >= 0.3 is 0 Å². The average molecular weight is 348 g/mol. The lowest BCUT2D eigenvalue weighted by Crippen LogP contribution is -1.98. The van der Waals surface area contributed by atoms with Crippen LogP contribution < -0.4 is 4.74 Å². The van der Waals surface area contributed by atoms with Crippen molar-refractivity contribution in [3.05, 3.63) is 33.8 Å². The van der Waals surface area contributed by atoms with Gasteiger partial charge in [0.05, 0.1) is 23.7 Å². The molecule has 0 bridgehead atoms. The fourth-order valence-corrected chi connectivity index (χ4v) is 3.47. The predicted molar refractivity (Wildman–Crippen MR) is 95.2 cm³/mol.